The predicted molar refractivity (Wildman–Crippen MR) is 73.4 cm³/mol. The van der Waals surface area contributed by atoms with Gasteiger partial charge < -0.3 is 0 Å². The van der Waals surface area contributed by atoms with E-state index in [0.717, 1.165) is 0 Å². The Morgan fingerprint density at radius 3 is 1.86 bits per heavy atom. The Kier molecular flexibility index (Phi) is 5.13. The lowest BCUT2D eigenvalue weighted by molar-refractivity contribution is -0.138. The van der Waals surface area contributed by atoms with Crippen LogP contribution in [0, 0.1) is 28.1 Å². The van der Waals surface area contributed by atoms with Gasteiger partial charge in [0.25, 0.3) is 0 Å². The summed E-state index contributed by atoms with van der Waals surface area (Å²) in [4.78, 5) is 8.32. The Hall–Kier alpha value is -2.15. The first-order valence-electron chi connectivity index (χ1n) is 6.72. The minimum absolute atomic E-state index is 0.125. The first kappa shape index (κ1) is 17.9. The SMILES string of the molecule is CC(C)(C)c1ncc(CC(C#N)(C#N)CCC(F)(F)F)cn1. The Morgan fingerprint density at radius 2 is 1.50 bits per heavy atom. The Bertz CT molecular complexity index is 572. The van der Waals surface area contributed by atoms with E-state index in [1.54, 1.807) is 12.1 Å². The summed E-state index contributed by atoms with van der Waals surface area (Å²) in [6, 6.07) is 3.43. The van der Waals surface area contributed by atoms with Gasteiger partial charge in [-0.25, -0.2) is 9.97 Å². The average Bonchev–Trinajstić information content (AvgIpc) is 2.42. The Labute approximate surface area is 127 Å². The number of nitrogens with zero attached hydrogens (tertiary/aromatic N) is 4. The third kappa shape index (κ3) is 5.00. The van der Waals surface area contributed by atoms with Crippen molar-refractivity contribution in [3.05, 3.63) is 23.8 Å². The molecule has 1 aromatic rings. The summed E-state index contributed by atoms with van der Waals surface area (Å²) in [6.07, 6.45) is -3.33. The average molecular weight is 310 g/mol. The lowest BCUT2D eigenvalue weighted by Gasteiger charge is -2.20. The number of hydrogen-bond donors (Lipinski definition) is 0. The normalized spacial score (nSPS) is 12.5. The van der Waals surface area contributed by atoms with Gasteiger partial charge >= 0.3 is 6.18 Å². The molecule has 4 nitrogen and oxygen atoms in total. The molecular formula is C15H17F3N4. The number of halogens is 3. The minimum Gasteiger partial charge on any atom is -0.241 e. The molecule has 118 valence electrons. The van der Waals surface area contributed by atoms with Gasteiger partial charge in [0.05, 0.1) is 12.1 Å². The highest BCUT2D eigenvalue weighted by molar-refractivity contribution is 5.22. The summed E-state index contributed by atoms with van der Waals surface area (Å²) in [6.45, 7) is 5.79. The minimum atomic E-state index is -4.40. The fourth-order valence-electron chi connectivity index (χ4n) is 1.84. The molecule has 0 unspecified atom stereocenters. The molecule has 0 radical (unpaired) electrons. The van der Waals surface area contributed by atoms with Crippen LogP contribution in [0.25, 0.3) is 0 Å². The van der Waals surface area contributed by atoms with Crippen molar-refractivity contribution in [2.24, 2.45) is 5.41 Å². The summed E-state index contributed by atoms with van der Waals surface area (Å²) in [7, 11) is 0. The van der Waals surface area contributed by atoms with Crippen LogP contribution < -0.4 is 0 Å². The summed E-state index contributed by atoms with van der Waals surface area (Å²) in [5.74, 6) is 0.589. The number of hydrogen-bond acceptors (Lipinski definition) is 4. The van der Waals surface area contributed by atoms with Gasteiger partial charge in [0.2, 0.25) is 0 Å². The van der Waals surface area contributed by atoms with Crippen molar-refractivity contribution in [1.29, 1.82) is 10.5 Å². The van der Waals surface area contributed by atoms with Crippen molar-refractivity contribution in [1.82, 2.24) is 9.97 Å². The largest absolute Gasteiger partial charge is 0.389 e. The molecule has 22 heavy (non-hydrogen) atoms. The van der Waals surface area contributed by atoms with Crippen LogP contribution in [0.5, 0.6) is 0 Å². The van der Waals surface area contributed by atoms with Crippen LogP contribution in [0.4, 0.5) is 13.2 Å². The van der Waals surface area contributed by atoms with Gasteiger partial charge in [-0.2, -0.15) is 23.7 Å². The fourth-order valence-corrected chi connectivity index (χ4v) is 1.84. The first-order valence-corrected chi connectivity index (χ1v) is 6.72. The molecule has 0 saturated heterocycles. The van der Waals surface area contributed by atoms with Crippen molar-refractivity contribution in [3.63, 3.8) is 0 Å². The number of alkyl halides is 3. The Balaban J connectivity index is 2.93. The summed E-state index contributed by atoms with van der Waals surface area (Å²) in [5.41, 5.74) is -1.50. The molecule has 0 aromatic carbocycles. The predicted octanol–water partition coefficient (Wildman–Crippen LogP) is 3.69. The van der Waals surface area contributed by atoms with Crippen LogP contribution in [0.1, 0.15) is 45.0 Å². The molecule has 7 heteroatoms. The van der Waals surface area contributed by atoms with Crippen LogP contribution in [0.15, 0.2) is 12.4 Å². The molecule has 1 aromatic heterocycles. The lowest BCUT2D eigenvalue weighted by Crippen LogP contribution is -2.23. The molecular weight excluding hydrogens is 293 g/mol. The third-order valence-corrected chi connectivity index (χ3v) is 3.15. The molecule has 0 aliphatic carbocycles. The molecule has 0 aliphatic rings. The maximum absolute atomic E-state index is 12.3. The standard InChI is InChI=1S/C15H17F3N4/c1-13(2,3)12-21-7-11(8-22-12)6-14(9-19,10-20)4-5-15(16,17)18/h7-8H,4-6H2,1-3H3. The molecule has 0 bridgehead atoms. The number of rotatable bonds is 4. The van der Waals surface area contributed by atoms with E-state index in [0.29, 0.717) is 11.4 Å². The van der Waals surface area contributed by atoms with Gasteiger partial charge in [-0.3, -0.25) is 0 Å². The third-order valence-electron chi connectivity index (χ3n) is 3.15. The van der Waals surface area contributed by atoms with Crippen LogP contribution in [0.3, 0.4) is 0 Å². The zero-order chi connectivity index (χ0) is 17.0. The van der Waals surface area contributed by atoms with E-state index in [4.69, 9.17) is 10.5 Å². The highest BCUT2D eigenvalue weighted by atomic mass is 19.4. The second-order valence-electron chi connectivity index (χ2n) is 6.26. The van der Waals surface area contributed by atoms with Crippen molar-refractivity contribution in [2.75, 3.05) is 0 Å². The van der Waals surface area contributed by atoms with Crippen LogP contribution in [0.2, 0.25) is 0 Å². The molecule has 0 N–H and O–H groups in total. The molecule has 0 fully saturated rings. The summed E-state index contributed by atoms with van der Waals surface area (Å²) in [5, 5.41) is 18.3. The Morgan fingerprint density at radius 1 is 1.00 bits per heavy atom. The summed E-state index contributed by atoms with van der Waals surface area (Å²) < 4.78 is 37.0. The van der Waals surface area contributed by atoms with Crippen LogP contribution >= 0.6 is 0 Å². The van der Waals surface area contributed by atoms with Gasteiger partial charge in [0.1, 0.15) is 11.2 Å². The highest BCUT2D eigenvalue weighted by Crippen LogP contribution is 2.33. The molecule has 1 heterocycles. The van der Waals surface area contributed by atoms with E-state index >= 15 is 0 Å². The van der Waals surface area contributed by atoms with E-state index in [-0.39, 0.29) is 11.8 Å². The maximum Gasteiger partial charge on any atom is 0.389 e. The van der Waals surface area contributed by atoms with Crippen molar-refractivity contribution < 1.29 is 13.2 Å². The molecule has 0 amide bonds. The number of nitriles is 2. The van der Waals surface area contributed by atoms with Gasteiger partial charge in [0, 0.05) is 30.7 Å². The van der Waals surface area contributed by atoms with Crippen LogP contribution in [-0.2, 0) is 11.8 Å². The highest BCUT2D eigenvalue weighted by Gasteiger charge is 2.37. The van der Waals surface area contributed by atoms with Crippen LogP contribution in [-0.4, -0.2) is 16.1 Å². The van der Waals surface area contributed by atoms with Crippen molar-refractivity contribution in [2.45, 2.75) is 51.6 Å². The van der Waals surface area contributed by atoms with Gasteiger partial charge in [0.15, 0.2) is 0 Å². The molecule has 0 aliphatic heterocycles. The van der Waals surface area contributed by atoms with E-state index in [9.17, 15) is 13.2 Å². The molecule has 0 spiro atoms. The monoisotopic (exact) mass is 310 g/mol. The van der Waals surface area contributed by atoms with Crippen molar-refractivity contribution >= 4 is 0 Å². The molecule has 0 atom stereocenters. The van der Waals surface area contributed by atoms with E-state index < -0.39 is 24.4 Å². The first-order chi connectivity index (χ1) is 10.0. The smallest absolute Gasteiger partial charge is 0.241 e. The molecule has 0 saturated carbocycles. The fraction of sp³-hybridized carbons (Fsp3) is 0.600. The lowest BCUT2D eigenvalue weighted by atomic mass is 9.81. The van der Waals surface area contributed by atoms with Gasteiger partial charge in [-0.15, -0.1) is 0 Å². The van der Waals surface area contributed by atoms with Crippen molar-refractivity contribution in [3.8, 4) is 12.1 Å². The zero-order valence-electron chi connectivity index (χ0n) is 12.7. The van der Waals surface area contributed by atoms with Gasteiger partial charge in [-0.05, 0) is 12.0 Å². The maximum atomic E-state index is 12.3. The van der Waals surface area contributed by atoms with E-state index in [1.165, 1.54) is 12.4 Å². The quantitative estimate of drug-likeness (QED) is 0.850. The zero-order valence-corrected chi connectivity index (χ0v) is 12.7. The second kappa shape index (κ2) is 6.31. The summed E-state index contributed by atoms with van der Waals surface area (Å²) >= 11 is 0. The second-order valence-corrected chi connectivity index (χ2v) is 6.26. The molecule has 1 rings (SSSR count). The van der Waals surface area contributed by atoms with E-state index in [1.807, 2.05) is 20.8 Å². The van der Waals surface area contributed by atoms with E-state index in [2.05, 4.69) is 9.97 Å². The van der Waals surface area contributed by atoms with Gasteiger partial charge in [-0.1, -0.05) is 20.8 Å². The number of aromatic nitrogens is 2. The topological polar surface area (TPSA) is 73.4 Å².